The van der Waals surface area contributed by atoms with Gasteiger partial charge in [-0.25, -0.2) is 19.0 Å². The van der Waals surface area contributed by atoms with E-state index in [0.717, 1.165) is 6.07 Å². The summed E-state index contributed by atoms with van der Waals surface area (Å²) in [4.78, 5) is 48.8. The van der Waals surface area contributed by atoms with Gasteiger partial charge in [0.1, 0.15) is 17.9 Å². The van der Waals surface area contributed by atoms with Gasteiger partial charge in [-0.1, -0.05) is 17.7 Å². The fraction of sp³-hybridized carbons (Fsp3) is 0.423. The zero-order chi connectivity index (χ0) is 29.0. The lowest BCUT2D eigenvalue weighted by Gasteiger charge is -2.35. The second-order valence-corrected chi connectivity index (χ2v) is 10.6. The van der Waals surface area contributed by atoms with E-state index in [1.165, 1.54) is 30.4 Å². The first kappa shape index (κ1) is 29.6. The number of rotatable bonds is 9. The number of benzene rings is 1. The Hall–Kier alpha value is -3.39. The number of thiazole rings is 1. The molecule has 1 aromatic carbocycles. The van der Waals surface area contributed by atoms with Crippen molar-refractivity contribution in [3.63, 3.8) is 0 Å². The molecule has 3 heterocycles. The van der Waals surface area contributed by atoms with E-state index in [1.54, 1.807) is 30.3 Å². The van der Waals surface area contributed by atoms with Crippen LogP contribution in [0.3, 0.4) is 0 Å². The van der Waals surface area contributed by atoms with Crippen molar-refractivity contribution < 1.29 is 38.1 Å². The van der Waals surface area contributed by atoms with Crippen LogP contribution in [0.5, 0.6) is 0 Å². The van der Waals surface area contributed by atoms with Gasteiger partial charge in [0, 0.05) is 40.9 Å². The summed E-state index contributed by atoms with van der Waals surface area (Å²) in [7, 11) is 0. The lowest BCUT2D eigenvalue weighted by molar-refractivity contribution is -0.167. The fourth-order valence-corrected chi connectivity index (χ4v) is 5.07. The highest BCUT2D eigenvalue weighted by Crippen LogP contribution is 2.37. The van der Waals surface area contributed by atoms with E-state index in [4.69, 9.17) is 30.8 Å². The van der Waals surface area contributed by atoms with Gasteiger partial charge in [0.05, 0.1) is 24.9 Å². The molecule has 40 heavy (non-hydrogen) atoms. The number of carboxylic acids is 1. The normalized spacial score (nSPS) is 20.5. The number of carbonyl (C=O) groups excluding carboxylic acids is 2. The number of aromatic nitrogens is 1. The summed E-state index contributed by atoms with van der Waals surface area (Å²) in [5.74, 6) is -3.00. The van der Waals surface area contributed by atoms with Crippen molar-refractivity contribution >= 4 is 46.7 Å². The number of carboxylic acid groups (broad SMARTS) is 1. The molecule has 0 bridgehead atoms. The van der Waals surface area contributed by atoms with Crippen LogP contribution >= 0.6 is 22.9 Å². The minimum atomic E-state index is -1.26. The van der Waals surface area contributed by atoms with Crippen molar-refractivity contribution in [1.82, 2.24) is 15.2 Å². The van der Waals surface area contributed by atoms with E-state index in [2.05, 4.69) is 10.3 Å². The maximum Gasteiger partial charge on any atom is 0.347 e. The highest BCUT2D eigenvalue weighted by atomic mass is 35.5. The monoisotopic (exact) mass is 594 g/mol. The van der Waals surface area contributed by atoms with Crippen molar-refractivity contribution in [2.75, 3.05) is 26.3 Å². The SMILES string of the molecule is CC(C)OC(=O)C(C)OC(=O)C1=C(CN2CCOCC2C(=O)O)NC(c2nccs2)=NC1c1ccc(F)cc1Cl. The fourth-order valence-electron chi connectivity index (χ4n) is 4.22. The molecular weight excluding hydrogens is 567 g/mol. The van der Waals surface area contributed by atoms with Gasteiger partial charge in [-0.05, 0) is 32.9 Å². The summed E-state index contributed by atoms with van der Waals surface area (Å²) in [6, 6.07) is 1.64. The number of halogens is 2. The molecule has 3 atom stereocenters. The Labute approximate surface area is 238 Å². The highest BCUT2D eigenvalue weighted by Gasteiger charge is 2.38. The first-order chi connectivity index (χ1) is 19.0. The third-order valence-corrected chi connectivity index (χ3v) is 7.20. The maximum atomic E-state index is 14.0. The van der Waals surface area contributed by atoms with Gasteiger partial charge in [-0.3, -0.25) is 14.7 Å². The molecule has 1 saturated heterocycles. The van der Waals surface area contributed by atoms with Crippen molar-refractivity contribution in [1.29, 1.82) is 0 Å². The average molecular weight is 595 g/mol. The predicted octanol–water partition coefficient (Wildman–Crippen LogP) is 2.95. The zero-order valence-electron chi connectivity index (χ0n) is 21.9. The second kappa shape index (κ2) is 12.9. The summed E-state index contributed by atoms with van der Waals surface area (Å²) in [6.45, 7) is 5.20. The third kappa shape index (κ3) is 6.84. The summed E-state index contributed by atoms with van der Waals surface area (Å²) >= 11 is 7.72. The van der Waals surface area contributed by atoms with Crippen LogP contribution in [0.25, 0.3) is 0 Å². The number of esters is 2. The van der Waals surface area contributed by atoms with Gasteiger partial charge >= 0.3 is 17.9 Å². The highest BCUT2D eigenvalue weighted by molar-refractivity contribution is 7.11. The van der Waals surface area contributed by atoms with E-state index in [-0.39, 0.29) is 42.6 Å². The van der Waals surface area contributed by atoms with Gasteiger partial charge in [-0.2, -0.15) is 0 Å². The minimum absolute atomic E-state index is 0.0147. The van der Waals surface area contributed by atoms with Crippen LogP contribution in [-0.4, -0.2) is 83.3 Å². The number of aliphatic imine (C=N–C) groups is 1. The molecular formula is C26H28ClFN4O7S. The molecule has 1 aromatic heterocycles. The minimum Gasteiger partial charge on any atom is -0.480 e. The van der Waals surface area contributed by atoms with Crippen LogP contribution in [0.15, 0.2) is 46.0 Å². The number of nitrogens with one attached hydrogen (secondary N) is 1. The van der Waals surface area contributed by atoms with Gasteiger partial charge in [0.15, 0.2) is 16.9 Å². The van der Waals surface area contributed by atoms with Crippen LogP contribution < -0.4 is 5.32 Å². The molecule has 4 rings (SSSR count). The van der Waals surface area contributed by atoms with Crippen molar-refractivity contribution in [3.8, 4) is 0 Å². The van der Waals surface area contributed by atoms with Crippen LogP contribution in [-0.2, 0) is 28.6 Å². The van der Waals surface area contributed by atoms with Gasteiger partial charge in [-0.15, -0.1) is 11.3 Å². The Balaban J connectivity index is 1.81. The van der Waals surface area contributed by atoms with Gasteiger partial charge in [0.2, 0.25) is 0 Å². The summed E-state index contributed by atoms with van der Waals surface area (Å²) in [6.07, 6.45) is -0.0976. The molecule has 2 aliphatic rings. The molecule has 2 N–H and O–H groups in total. The molecule has 1 fully saturated rings. The lowest BCUT2D eigenvalue weighted by atomic mass is 9.95. The number of nitrogens with zero attached hydrogens (tertiary/aromatic N) is 3. The first-order valence-corrected chi connectivity index (χ1v) is 13.7. The quantitative estimate of drug-likeness (QED) is 0.416. The molecule has 0 aliphatic carbocycles. The van der Waals surface area contributed by atoms with Crippen LogP contribution in [0.1, 0.15) is 37.4 Å². The van der Waals surface area contributed by atoms with E-state index < -0.39 is 48.0 Å². The smallest absolute Gasteiger partial charge is 0.347 e. The Morgan fingerprint density at radius 3 is 2.73 bits per heavy atom. The average Bonchev–Trinajstić information content (AvgIpc) is 3.43. The molecule has 0 spiro atoms. The lowest BCUT2D eigenvalue weighted by Crippen LogP contribution is -2.52. The van der Waals surface area contributed by atoms with E-state index in [9.17, 15) is 23.9 Å². The molecule has 0 amide bonds. The standard InChI is InChI=1S/C26H28ClFN4O7S/c1-13(2)38-25(35)14(3)39-26(36)20-18(11-32-7-8-37-12-19(32)24(33)34)30-22(23-29-6-9-40-23)31-21(20)16-5-4-15(28)10-17(16)27/h4-6,9-10,13-14,19,21H,7-8,11-12H2,1-3H3,(H,30,31)(H,33,34). The Bertz CT molecular complexity index is 1330. The van der Waals surface area contributed by atoms with Gasteiger partial charge in [0.25, 0.3) is 0 Å². The Morgan fingerprint density at radius 1 is 1.30 bits per heavy atom. The molecule has 2 aliphatic heterocycles. The topological polar surface area (TPSA) is 140 Å². The molecule has 214 valence electrons. The number of amidine groups is 1. The van der Waals surface area contributed by atoms with E-state index >= 15 is 0 Å². The van der Waals surface area contributed by atoms with Crippen LogP contribution in [0, 0.1) is 5.82 Å². The van der Waals surface area contributed by atoms with Crippen molar-refractivity contribution in [2.45, 2.75) is 45.1 Å². The molecule has 2 aromatic rings. The predicted molar refractivity (Wildman–Crippen MR) is 144 cm³/mol. The Morgan fingerprint density at radius 2 is 2.08 bits per heavy atom. The van der Waals surface area contributed by atoms with E-state index in [0.29, 0.717) is 16.4 Å². The maximum absolute atomic E-state index is 14.0. The van der Waals surface area contributed by atoms with Crippen molar-refractivity contribution in [3.05, 3.63) is 62.5 Å². The molecule has 3 unspecified atom stereocenters. The molecule has 0 radical (unpaired) electrons. The van der Waals surface area contributed by atoms with Crippen LogP contribution in [0.2, 0.25) is 5.02 Å². The number of hydrogen-bond donors (Lipinski definition) is 2. The first-order valence-electron chi connectivity index (χ1n) is 12.4. The molecule has 11 nitrogen and oxygen atoms in total. The number of morpholine rings is 1. The van der Waals surface area contributed by atoms with Gasteiger partial charge < -0.3 is 24.6 Å². The largest absolute Gasteiger partial charge is 0.480 e. The molecule has 14 heteroatoms. The number of hydrogen-bond acceptors (Lipinski definition) is 11. The number of ether oxygens (including phenoxy) is 3. The second-order valence-electron chi connectivity index (χ2n) is 9.33. The molecule has 0 saturated carbocycles. The number of carbonyl (C=O) groups is 3. The summed E-state index contributed by atoms with van der Waals surface area (Å²) in [5.41, 5.74) is 0.555. The zero-order valence-corrected chi connectivity index (χ0v) is 23.5. The third-order valence-electron chi connectivity index (χ3n) is 6.09. The van der Waals surface area contributed by atoms with Crippen LogP contribution in [0.4, 0.5) is 4.39 Å². The number of aliphatic carboxylic acids is 1. The van der Waals surface area contributed by atoms with Crippen molar-refractivity contribution in [2.24, 2.45) is 4.99 Å². The summed E-state index contributed by atoms with van der Waals surface area (Å²) < 4.78 is 30.0. The van der Waals surface area contributed by atoms with E-state index in [1.807, 2.05) is 0 Å². The summed E-state index contributed by atoms with van der Waals surface area (Å²) in [5, 5.41) is 15.2. The Kier molecular flexibility index (Phi) is 9.51.